The third-order valence-electron chi connectivity index (χ3n) is 4.02. The summed E-state index contributed by atoms with van der Waals surface area (Å²) in [6.07, 6.45) is 0.586. The molecule has 2 amide bonds. The minimum absolute atomic E-state index is 0.000300. The van der Waals surface area contributed by atoms with Gasteiger partial charge in [-0.05, 0) is 35.4 Å². The molecule has 0 aromatic heterocycles. The molecule has 2 aromatic rings. The Morgan fingerprint density at radius 3 is 2.48 bits per heavy atom. The van der Waals surface area contributed by atoms with Gasteiger partial charge in [-0.15, -0.1) is 0 Å². The summed E-state index contributed by atoms with van der Waals surface area (Å²) in [5, 5.41) is 2.00. The summed E-state index contributed by atoms with van der Waals surface area (Å²) in [6.45, 7) is 0. The van der Waals surface area contributed by atoms with Crippen molar-refractivity contribution in [3.05, 3.63) is 65.2 Å². The van der Waals surface area contributed by atoms with Crippen LogP contribution in [0.1, 0.15) is 11.1 Å². The molecule has 0 spiro atoms. The number of cyclic esters (lactones) is 1. The van der Waals surface area contributed by atoms with E-state index in [0.717, 1.165) is 0 Å². The highest BCUT2D eigenvalue weighted by Gasteiger charge is 2.25. The number of carbonyl (C=O) groups is 3. The number of benzene rings is 2. The Balaban J connectivity index is 1.66. The first-order valence-electron chi connectivity index (χ1n) is 8.50. The Morgan fingerprint density at radius 2 is 1.90 bits per heavy atom. The van der Waals surface area contributed by atoms with E-state index in [1.807, 2.05) is 5.32 Å². The minimum atomic E-state index is -0.954. The number of nitrogens with one attached hydrogen (secondary N) is 1. The number of halogens is 1. The average molecular weight is 400 g/mol. The molecule has 1 aliphatic heterocycles. The first-order chi connectivity index (χ1) is 13.9. The van der Waals surface area contributed by atoms with Gasteiger partial charge in [0.25, 0.3) is 5.91 Å². The van der Waals surface area contributed by atoms with Gasteiger partial charge in [-0.3, -0.25) is 14.9 Å². The molecule has 9 heteroatoms. The Hall–Kier alpha value is -3.72. The molecule has 1 aliphatic rings. The minimum Gasteiger partial charge on any atom is -0.468 e. The summed E-state index contributed by atoms with van der Waals surface area (Å²) < 4.78 is 29.1. The van der Waals surface area contributed by atoms with Gasteiger partial charge in [0.15, 0.2) is 5.76 Å². The molecule has 1 fully saturated rings. The molecular formula is C20H17FN2O6. The van der Waals surface area contributed by atoms with Crippen LogP contribution in [0.2, 0.25) is 0 Å². The predicted octanol–water partition coefficient (Wildman–Crippen LogP) is 2.27. The summed E-state index contributed by atoms with van der Waals surface area (Å²) in [4.78, 5) is 33.8. The van der Waals surface area contributed by atoms with E-state index >= 15 is 0 Å². The number of nitrogens with two attached hydrogens (primary N) is 1. The first kappa shape index (κ1) is 20.0. The number of rotatable bonds is 6. The van der Waals surface area contributed by atoms with Crippen molar-refractivity contribution in [2.24, 2.45) is 5.73 Å². The molecule has 1 heterocycles. The lowest BCUT2D eigenvalue weighted by Crippen LogP contribution is -2.33. The zero-order valence-electron chi connectivity index (χ0n) is 15.3. The molecule has 0 radical (unpaired) electrons. The third-order valence-corrected chi connectivity index (χ3v) is 4.02. The van der Waals surface area contributed by atoms with Crippen LogP contribution < -0.4 is 15.8 Å². The number of ether oxygens (including phenoxy) is 3. The highest BCUT2D eigenvalue weighted by Crippen LogP contribution is 2.25. The lowest BCUT2D eigenvalue weighted by atomic mass is 10.1. The number of methoxy groups -OCH3 is 1. The maximum absolute atomic E-state index is 14.3. The lowest BCUT2D eigenvalue weighted by molar-refractivity contribution is -0.142. The topological polar surface area (TPSA) is 117 Å². The Morgan fingerprint density at radius 1 is 1.21 bits per heavy atom. The fourth-order valence-electron chi connectivity index (χ4n) is 2.57. The third kappa shape index (κ3) is 4.96. The maximum atomic E-state index is 14.3. The molecule has 3 rings (SSSR count). The van der Waals surface area contributed by atoms with Crippen LogP contribution in [0.25, 0.3) is 6.08 Å². The van der Waals surface area contributed by atoms with Crippen molar-refractivity contribution in [2.75, 3.05) is 7.11 Å². The SMILES string of the molecule is COC(=O)C(N)Cc1ccc(Oc2ccc(C=C3OC(=O)NC3=O)cc2)cc1F. The van der Waals surface area contributed by atoms with E-state index in [-0.39, 0.29) is 23.5 Å². The van der Waals surface area contributed by atoms with Crippen LogP contribution in [0.3, 0.4) is 0 Å². The van der Waals surface area contributed by atoms with E-state index in [9.17, 15) is 18.8 Å². The first-order valence-corrected chi connectivity index (χ1v) is 8.50. The maximum Gasteiger partial charge on any atom is 0.419 e. The quantitative estimate of drug-likeness (QED) is 0.564. The Labute approximate surface area is 165 Å². The van der Waals surface area contributed by atoms with Gasteiger partial charge in [-0.1, -0.05) is 18.2 Å². The number of imide groups is 1. The second-order valence-corrected chi connectivity index (χ2v) is 6.11. The van der Waals surface area contributed by atoms with Crippen LogP contribution in [0, 0.1) is 5.82 Å². The predicted molar refractivity (Wildman–Crippen MR) is 99.2 cm³/mol. The van der Waals surface area contributed by atoms with Crippen molar-refractivity contribution in [2.45, 2.75) is 12.5 Å². The highest BCUT2D eigenvalue weighted by atomic mass is 19.1. The normalized spacial score (nSPS) is 15.6. The number of hydrogen-bond donors (Lipinski definition) is 2. The van der Waals surface area contributed by atoms with Gasteiger partial charge in [0.2, 0.25) is 0 Å². The van der Waals surface area contributed by atoms with Gasteiger partial charge in [0.05, 0.1) is 7.11 Å². The Kier molecular flexibility index (Phi) is 5.89. The van der Waals surface area contributed by atoms with Crippen LogP contribution in [0.5, 0.6) is 11.5 Å². The zero-order valence-corrected chi connectivity index (χ0v) is 15.3. The van der Waals surface area contributed by atoms with Gasteiger partial charge in [0, 0.05) is 12.5 Å². The summed E-state index contributed by atoms with van der Waals surface area (Å²) in [5.74, 6) is -1.21. The van der Waals surface area contributed by atoms with Crippen molar-refractivity contribution in [1.29, 1.82) is 0 Å². The zero-order chi connectivity index (χ0) is 21.0. The van der Waals surface area contributed by atoms with Crippen LogP contribution in [0.15, 0.2) is 48.2 Å². The van der Waals surface area contributed by atoms with Crippen molar-refractivity contribution in [3.63, 3.8) is 0 Å². The molecule has 150 valence electrons. The van der Waals surface area contributed by atoms with Crippen molar-refractivity contribution < 1.29 is 33.0 Å². The number of carbonyl (C=O) groups excluding carboxylic acids is 3. The summed E-state index contributed by atoms with van der Waals surface area (Å²) >= 11 is 0. The number of esters is 1. The smallest absolute Gasteiger partial charge is 0.419 e. The van der Waals surface area contributed by atoms with E-state index < -0.39 is 29.8 Å². The molecule has 1 atom stereocenters. The standard InChI is InChI=1S/C20H17FN2O6/c1-27-19(25)16(22)9-12-4-7-14(10-15(12)21)28-13-5-2-11(3-6-13)8-17-18(24)23-20(26)29-17/h2-8,10,16H,9,22H2,1H3,(H,23,24,26). The van der Waals surface area contributed by atoms with Gasteiger partial charge < -0.3 is 19.9 Å². The second-order valence-electron chi connectivity index (χ2n) is 6.11. The molecule has 2 aromatic carbocycles. The van der Waals surface area contributed by atoms with Crippen LogP contribution in [-0.4, -0.2) is 31.1 Å². The van der Waals surface area contributed by atoms with E-state index in [1.165, 1.54) is 25.3 Å². The van der Waals surface area contributed by atoms with Gasteiger partial charge in [-0.2, -0.15) is 0 Å². The molecule has 0 saturated carbocycles. The summed E-state index contributed by atoms with van der Waals surface area (Å²) in [7, 11) is 1.21. The van der Waals surface area contributed by atoms with E-state index in [0.29, 0.717) is 11.3 Å². The summed E-state index contributed by atoms with van der Waals surface area (Å²) in [5.41, 5.74) is 6.52. The molecule has 0 bridgehead atoms. The fourth-order valence-corrected chi connectivity index (χ4v) is 2.57. The van der Waals surface area contributed by atoms with Crippen molar-refractivity contribution >= 4 is 24.0 Å². The van der Waals surface area contributed by atoms with Crippen LogP contribution in [-0.2, 0) is 25.5 Å². The van der Waals surface area contributed by atoms with Crippen molar-refractivity contribution in [3.8, 4) is 11.5 Å². The van der Waals surface area contributed by atoms with Gasteiger partial charge in [-0.25, -0.2) is 9.18 Å². The molecule has 0 aliphatic carbocycles. The van der Waals surface area contributed by atoms with Crippen LogP contribution in [0.4, 0.5) is 9.18 Å². The lowest BCUT2D eigenvalue weighted by Gasteiger charge is -2.11. The molecule has 8 nitrogen and oxygen atoms in total. The van der Waals surface area contributed by atoms with E-state index in [2.05, 4.69) is 4.74 Å². The molecular weight excluding hydrogens is 383 g/mol. The fraction of sp³-hybridized carbons (Fsp3) is 0.150. The molecule has 1 saturated heterocycles. The van der Waals surface area contributed by atoms with Crippen molar-refractivity contribution in [1.82, 2.24) is 5.32 Å². The highest BCUT2D eigenvalue weighted by molar-refractivity contribution is 6.09. The molecule has 3 N–H and O–H groups in total. The van der Waals surface area contributed by atoms with Gasteiger partial charge >= 0.3 is 12.1 Å². The van der Waals surface area contributed by atoms with E-state index in [1.54, 1.807) is 30.3 Å². The second kappa shape index (κ2) is 8.53. The number of hydrogen-bond acceptors (Lipinski definition) is 7. The monoisotopic (exact) mass is 400 g/mol. The molecule has 1 unspecified atom stereocenters. The molecule has 29 heavy (non-hydrogen) atoms. The summed E-state index contributed by atoms with van der Waals surface area (Å²) in [6, 6.07) is 9.78. The number of amides is 2. The van der Waals surface area contributed by atoms with E-state index in [4.69, 9.17) is 15.2 Å². The van der Waals surface area contributed by atoms with Crippen LogP contribution >= 0.6 is 0 Å². The largest absolute Gasteiger partial charge is 0.468 e. The van der Waals surface area contributed by atoms with Gasteiger partial charge in [0.1, 0.15) is 23.4 Å². The average Bonchev–Trinajstić information content (AvgIpc) is 3.01. The number of alkyl carbamates (subject to hydrolysis) is 1. The Bertz CT molecular complexity index is 987.